The SMILES string of the molecule is O=S(=O)(O)Oc1cccc2c1ccc1c3c4c(cccc4cc12)C(O)C3O. The standard InChI is InChI=1S/C20H14O6S/c21-19-14-5-1-3-10-9-15-11-4-2-6-16(26-27(23,24)25)12(11)7-8-13(15)18(17(10)14)20(19)22/h1-9,19-22H,(H,23,24,25). The van der Waals surface area contributed by atoms with Crippen LogP contribution < -0.4 is 4.18 Å². The molecule has 0 spiro atoms. The molecule has 0 aliphatic heterocycles. The minimum Gasteiger partial charge on any atom is -0.385 e. The molecule has 0 saturated heterocycles. The van der Waals surface area contributed by atoms with Crippen molar-refractivity contribution in [2.45, 2.75) is 12.2 Å². The van der Waals surface area contributed by atoms with E-state index in [0.29, 0.717) is 21.9 Å². The Kier molecular flexibility index (Phi) is 3.29. The van der Waals surface area contributed by atoms with Gasteiger partial charge in [-0.15, -0.1) is 0 Å². The van der Waals surface area contributed by atoms with Crippen LogP contribution in [0.4, 0.5) is 0 Å². The number of fused-ring (bicyclic) bond motifs is 4. The van der Waals surface area contributed by atoms with E-state index in [1.54, 1.807) is 24.3 Å². The lowest BCUT2D eigenvalue weighted by Crippen LogP contribution is -2.06. The van der Waals surface area contributed by atoms with Crippen LogP contribution in [-0.4, -0.2) is 23.2 Å². The zero-order chi connectivity index (χ0) is 18.9. The summed E-state index contributed by atoms with van der Waals surface area (Å²) in [5.74, 6) is 0.0164. The number of rotatable bonds is 2. The maximum Gasteiger partial charge on any atom is 0.446 e. The van der Waals surface area contributed by atoms with E-state index in [0.717, 1.165) is 21.5 Å². The lowest BCUT2D eigenvalue weighted by atomic mass is 9.93. The van der Waals surface area contributed by atoms with Crippen molar-refractivity contribution < 1.29 is 27.4 Å². The Morgan fingerprint density at radius 1 is 0.815 bits per heavy atom. The first-order chi connectivity index (χ1) is 12.8. The topological polar surface area (TPSA) is 104 Å². The van der Waals surface area contributed by atoms with Crippen molar-refractivity contribution in [1.29, 1.82) is 0 Å². The van der Waals surface area contributed by atoms with Crippen molar-refractivity contribution in [2.75, 3.05) is 0 Å². The van der Waals surface area contributed by atoms with Crippen LogP contribution in [0.2, 0.25) is 0 Å². The highest BCUT2D eigenvalue weighted by Gasteiger charge is 2.33. The van der Waals surface area contributed by atoms with Gasteiger partial charge in [-0.3, -0.25) is 4.55 Å². The van der Waals surface area contributed by atoms with Crippen molar-refractivity contribution in [1.82, 2.24) is 0 Å². The fraction of sp³-hybridized carbons (Fsp3) is 0.100. The molecule has 136 valence electrons. The van der Waals surface area contributed by atoms with Crippen LogP contribution in [0, 0.1) is 0 Å². The van der Waals surface area contributed by atoms with Gasteiger partial charge in [0, 0.05) is 5.39 Å². The maximum atomic E-state index is 11.1. The summed E-state index contributed by atoms with van der Waals surface area (Å²) in [5.41, 5.74) is 1.36. The van der Waals surface area contributed by atoms with E-state index in [4.69, 9.17) is 8.74 Å². The Morgan fingerprint density at radius 3 is 2.33 bits per heavy atom. The minimum absolute atomic E-state index is 0.0164. The first-order valence-electron chi connectivity index (χ1n) is 8.29. The summed E-state index contributed by atoms with van der Waals surface area (Å²) in [6.45, 7) is 0. The van der Waals surface area contributed by atoms with Crippen LogP contribution in [0.15, 0.2) is 54.6 Å². The Morgan fingerprint density at radius 2 is 1.56 bits per heavy atom. The lowest BCUT2D eigenvalue weighted by molar-refractivity contribution is 0.0261. The van der Waals surface area contributed by atoms with Gasteiger partial charge in [-0.25, -0.2) is 0 Å². The third-order valence-electron chi connectivity index (χ3n) is 5.16. The predicted molar refractivity (Wildman–Crippen MR) is 101 cm³/mol. The van der Waals surface area contributed by atoms with Crippen LogP contribution >= 0.6 is 0 Å². The molecule has 4 aromatic carbocycles. The number of hydrogen-bond acceptors (Lipinski definition) is 5. The fourth-order valence-corrected chi connectivity index (χ4v) is 4.49. The molecule has 3 N–H and O–H groups in total. The van der Waals surface area contributed by atoms with Gasteiger partial charge in [0.25, 0.3) is 0 Å². The second-order valence-corrected chi connectivity index (χ2v) is 7.67. The van der Waals surface area contributed by atoms with Gasteiger partial charge in [0.2, 0.25) is 0 Å². The second kappa shape index (κ2) is 5.40. The first kappa shape index (κ1) is 16.5. The Balaban J connectivity index is 1.92. The molecule has 0 heterocycles. The molecule has 0 aromatic heterocycles. The molecule has 0 saturated carbocycles. The van der Waals surface area contributed by atoms with E-state index in [1.807, 2.05) is 24.3 Å². The van der Waals surface area contributed by atoms with Crippen LogP contribution in [0.1, 0.15) is 23.3 Å². The summed E-state index contributed by atoms with van der Waals surface area (Å²) >= 11 is 0. The molecule has 1 aliphatic rings. The smallest absolute Gasteiger partial charge is 0.385 e. The molecule has 0 radical (unpaired) electrons. The van der Waals surface area contributed by atoms with Crippen molar-refractivity contribution in [3.63, 3.8) is 0 Å². The highest BCUT2D eigenvalue weighted by Crippen LogP contribution is 2.48. The normalized spacial score (nSPS) is 19.2. The zero-order valence-corrected chi connectivity index (χ0v) is 14.6. The lowest BCUT2D eigenvalue weighted by Gasteiger charge is -2.14. The molecule has 0 fully saturated rings. The van der Waals surface area contributed by atoms with Crippen molar-refractivity contribution in [3.8, 4) is 5.75 Å². The third kappa shape index (κ3) is 2.33. The summed E-state index contributed by atoms with van der Waals surface area (Å²) in [4.78, 5) is 0. The highest BCUT2D eigenvalue weighted by atomic mass is 32.3. The zero-order valence-electron chi connectivity index (χ0n) is 13.8. The van der Waals surface area contributed by atoms with E-state index in [1.165, 1.54) is 6.07 Å². The maximum absolute atomic E-state index is 11.1. The van der Waals surface area contributed by atoms with E-state index < -0.39 is 22.6 Å². The van der Waals surface area contributed by atoms with Crippen molar-refractivity contribution in [2.24, 2.45) is 0 Å². The number of aliphatic hydroxyl groups excluding tert-OH is 2. The highest BCUT2D eigenvalue weighted by molar-refractivity contribution is 7.81. The van der Waals surface area contributed by atoms with Gasteiger partial charge in [-0.2, -0.15) is 8.42 Å². The van der Waals surface area contributed by atoms with Crippen molar-refractivity contribution >= 4 is 42.7 Å². The van der Waals surface area contributed by atoms with E-state index in [-0.39, 0.29) is 5.75 Å². The van der Waals surface area contributed by atoms with E-state index in [9.17, 15) is 18.6 Å². The Bertz CT molecular complexity index is 1360. The molecule has 2 unspecified atom stereocenters. The fourth-order valence-electron chi connectivity index (χ4n) is 4.12. The summed E-state index contributed by atoms with van der Waals surface area (Å²) in [6.07, 6.45) is -2.03. The van der Waals surface area contributed by atoms with Gasteiger partial charge in [-0.1, -0.05) is 36.4 Å². The molecular weight excluding hydrogens is 368 g/mol. The molecule has 1 aliphatic carbocycles. The average molecular weight is 382 g/mol. The van der Waals surface area contributed by atoms with Gasteiger partial charge in [-0.05, 0) is 56.3 Å². The molecule has 27 heavy (non-hydrogen) atoms. The monoisotopic (exact) mass is 382 g/mol. The van der Waals surface area contributed by atoms with Crippen molar-refractivity contribution in [3.05, 3.63) is 65.7 Å². The first-order valence-corrected chi connectivity index (χ1v) is 9.65. The van der Waals surface area contributed by atoms with Crippen LogP contribution in [0.5, 0.6) is 5.75 Å². The summed E-state index contributed by atoms with van der Waals surface area (Å²) in [6, 6.07) is 15.8. The minimum atomic E-state index is -4.65. The van der Waals surface area contributed by atoms with E-state index >= 15 is 0 Å². The molecule has 0 bridgehead atoms. The number of hydrogen-bond donors (Lipinski definition) is 3. The van der Waals surface area contributed by atoms with Crippen LogP contribution in [0.3, 0.4) is 0 Å². The number of aliphatic hydroxyl groups is 2. The molecule has 7 heteroatoms. The Labute approximate surface area is 154 Å². The summed E-state index contributed by atoms with van der Waals surface area (Å²) in [7, 11) is -4.65. The van der Waals surface area contributed by atoms with Gasteiger partial charge in [0.1, 0.15) is 12.2 Å². The molecule has 6 nitrogen and oxygen atoms in total. The van der Waals surface area contributed by atoms with Crippen LogP contribution in [-0.2, 0) is 10.4 Å². The van der Waals surface area contributed by atoms with Gasteiger partial charge in [0.15, 0.2) is 5.75 Å². The van der Waals surface area contributed by atoms with Crippen LogP contribution in [0.25, 0.3) is 32.3 Å². The number of benzene rings is 4. The average Bonchev–Trinajstić information content (AvgIpc) is 2.88. The summed E-state index contributed by atoms with van der Waals surface area (Å²) < 4.78 is 36.0. The predicted octanol–water partition coefficient (Wildman–Crippen LogP) is 3.41. The molecular formula is C20H14O6S. The van der Waals surface area contributed by atoms with E-state index in [2.05, 4.69) is 0 Å². The molecule has 5 rings (SSSR count). The third-order valence-corrected chi connectivity index (χ3v) is 5.55. The van der Waals surface area contributed by atoms with Gasteiger partial charge in [0.05, 0.1) is 0 Å². The Hall–Kier alpha value is -2.71. The van der Waals surface area contributed by atoms with Gasteiger partial charge >= 0.3 is 10.4 Å². The molecule has 4 aromatic rings. The molecule has 0 amide bonds. The molecule has 2 atom stereocenters. The second-order valence-electron chi connectivity index (χ2n) is 6.65. The quantitative estimate of drug-likeness (QED) is 0.279. The van der Waals surface area contributed by atoms with Gasteiger partial charge < -0.3 is 14.4 Å². The largest absolute Gasteiger partial charge is 0.446 e. The summed E-state index contributed by atoms with van der Waals surface area (Å²) in [5, 5.41) is 25.5.